The predicted octanol–water partition coefficient (Wildman–Crippen LogP) is 1.98. The van der Waals surface area contributed by atoms with Crippen molar-refractivity contribution in [1.29, 1.82) is 5.26 Å². The van der Waals surface area contributed by atoms with Gasteiger partial charge >= 0.3 is 0 Å². The fourth-order valence-corrected chi connectivity index (χ4v) is 2.95. The predicted molar refractivity (Wildman–Crippen MR) is 87.5 cm³/mol. The third-order valence-corrected chi connectivity index (χ3v) is 4.35. The van der Waals surface area contributed by atoms with Crippen LogP contribution in [0.15, 0.2) is 22.9 Å². The Hall–Kier alpha value is -2.46. The SMILES string of the molecule is COCCc1noc(CC2CCN(c3ccc(C#N)nc3)CC2)n1. The Morgan fingerprint density at radius 3 is 2.88 bits per heavy atom. The monoisotopic (exact) mass is 327 g/mol. The van der Waals surface area contributed by atoms with Gasteiger partial charge in [0.15, 0.2) is 5.82 Å². The van der Waals surface area contributed by atoms with Gasteiger partial charge in [-0.15, -0.1) is 0 Å². The van der Waals surface area contributed by atoms with E-state index in [1.165, 1.54) is 0 Å². The van der Waals surface area contributed by atoms with Crippen molar-refractivity contribution < 1.29 is 9.26 Å². The van der Waals surface area contributed by atoms with Gasteiger partial charge < -0.3 is 14.2 Å². The molecule has 0 aromatic carbocycles. The molecule has 1 fully saturated rings. The summed E-state index contributed by atoms with van der Waals surface area (Å²) in [7, 11) is 1.66. The molecule has 3 rings (SSSR count). The summed E-state index contributed by atoms with van der Waals surface area (Å²) < 4.78 is 10.4. The molecule has 0 N–H and O–H groups in total. The van der Waals surface area contributed by atoms with Crippen LogP contribution in [0.25, 0.3) is 0 Å². The van der Waals surface area contributed by atoms with Crippen LogP contribution in [0, 0.1) is 17.2 Å². The fourth-order valence-electron chi connectivity index (χ4n) is 2.95. The van der Waals surface area contributed by atoms with Crippen molar-refractivity contribution >= 4 is 5.69 Å². The van der Waals surface area contributed by atoms with E-state index >= 15 is 0 Å². The van der Waals surface area contributed by atoms with Gasteiger partial charge in [-0.2, -0.15) is 10.2 Å². The molecule has 0 saturated carbocycles. The lowest BCUT2D eigenvalue weighted by Gasteiger charge is -2.32. The molecular formula is C17H21N5O2. The zero-order chi connectivity index (χ0) is 16.8. The standard InChI is InChI=1S/C17H21N5O2/c1-23-9-6-16-20-17(24-21-16)10-13-4-7-22(8-5-13)15-3-2-14(11-18)19-12-15/h2-3,12-13H,4-10H2,1H3. The molecule has 0 amide bonds. The van der Waals surface area contributed by atoms with Gasteiger partial charge in [-0.3, -0.25) is 0 Å². The van der Waals surface area contributed by atoms with Crippen LogP contribution in [-0.4, -0.2) is 41.9 Å². The van der Waals surface area contributed by atoms with Crippen molar-refractivity contribution in [3.63, 3.8) is 0 Å². The topological polar surface area (TPSA) is 88.1 Å². The van der Waals surface area contributed by atoms with Crippen LogP contribution in [-0.2, 0) is 17.6 Å². The molecule has 0 spiro atoms. The van der Waals surface area contributed by atoms with Crippen molar-refractivity contribution in [3.05, 3.63) is 35.7 Å². The van der Waals surface area contributed by atoms with Crippen LogP contribution in [0.4, 0.5) is 5.69 Å². The fraction of sp³-hybridized carbons (Fsp3) is 0.529. The first-order valence-electron chi connectivity index (χ1n) is 8.20. The third-order valence-electron chi connectivity index (χ3n) is 4.35. The second kappa shape index (κ2) is 7.88. The minimum Gasteiger partial charge on any atom is -0.384 e. The van der Waals surface area contributed by atoms with Gasteiger partial charge in [-0.05, 0) is 30.9 Å². The Kier molecular flexibility index (Phi) is 5.39. The maximum Gasteiger partial charge on any atom is 0.226 e. The number of methoxy groups -OCH3 is 1. The number of aromatic nitrogens is 3. The molecule has 0 radical (unpaired) electrons. The number of nitriles is 1. The van der Waals surface area contributed by atoms with Crippen molar-refractivity contribution in [2.24, 2.45) is 5.92 Å². The molecule has 2 aromatic heterocycles. The highest BCUT2D eigenvalue weighted by Crippen LogP contribution is 2.25. The van der Waals surface area contributed by atoms with E-state index in [0.717, 1.165) is 43.9 Å². The number of piperidine rings is 1. The summed E-state index contributed by atoms with van der Waals surface area (Å²) in [5.41, 5.74) is 1.53. The van der Waals surface area contributed by atoms with E-state index in [1.54, 1.807) is 19.4 Å². The number of nitrogens with zero attached hydrogens (tertiary/aromatic N) is 5. The third kappa shape index (κ3) is 4.09. The van der Waals surface area contributed by atoms with Gasteiger partial charge in [0.2, 0.25) is 5.89 Å². The van der Waals surface area contributed by atoms with Crippen molar-refractivity contribution in [1.82, 2.24) is 15.1 Å². The second-order valence-electron chi connectivity index (χ2n) is 6.00. The van der Waals surface area contributed by atoms with Gasteiger partial charge in [0, 0.05) is 33.0 Å². The first-order valence-corrected chi connectivity index (χ1v) is 8.20. The number of hydrogen-bond acceptors (Lipinski definition) is 7. The maximum absolute atomic E-state index is 8.81. The molecule has 0 atom stereocenters. The Bertz CT molecular complexity index is 684. The van der Waals surface area contributed by atoms with E-state index in [1.807, 2.05) is 12.1 Å². The molecule has 1 saturated heterocycles. The number of hydrogen-bond donors (Lipinski definition) is 0. The average molecular weight is 327 g/mol. The highest BCUT2D eigenvalue weighted by atomic mass is 16.5. The molecule has 7 heteroatoms. The number of pyridine rings is 1. The van der Waals surface area contributed by atoms with Gasteiger partial charge in [-0.1, -0.05) is 5.16 Å². The smallest absolute Gasteiger partial charge is 0.226 e. The van der Waals surface area contributed by atoms with Crippen LogP contribution in [0.3, 0.4) is 0 Å². The van der Waals surface area contributed by atoms with E-state index in [2.05, 4.69) is 20.0 Å². The molecule has 24 heavy (non-hydrogen) atoms. The summed E-state index contributed by atoms with van der Waals surface area (Å²) in [4.78, 5) is 10.9. The number of rotatable bonds is 6. The van der Waals surface area contributed by atoms with E-state index in [4.69, 9.17) is 14.5 Å². The Morgan fingerprint density at radius 2 is 2.21 bits per heavy atom. The van der Waals surface area contributed by atoms with Crippen LogP contribution in [0.5, 0.6) is 0 Å². The van der Waals surface area contributed by atoms with Gasteiger partial charge in [0.25, 0.3) is 0 Å². The minimum atomic E-state index is 0.453. The summed E-state index contributed by atoms with van der Waals surface area (Å²) in [5.74, 6) is 2.00. The van der Waals surface area contributed by atoms with E-state index in [0.29, 0.717) is 30.5 Å². The van der Waals surface area contributed by atoms with E-state index < -0.39 is 0 Å². The molecule has 126 valence electrons. The van der Waals surface area contributed by atoms with E-state index in [-0.39, 0.29) is 0 Å². The minimum absolute atomic E-state index is 0.453. The zero-order valence-electron chi connectivity index (χ0n) is 13.8. The largest absolute Gasteiger partial charge is 0.384 e. The number of ether oxygens (including phenoxy) is 1. The lowest BCUT2D eigenvalue weighted by atomic mass is 9.93. The highest BCUT2D eigenvalue weighted by molar-refractivity contribution is 5.46. The zero-order valence-corrected chi connectivity index (χ0v) is 13.8. The molecular weight excluding hydrogens is 306 g/mol. The first kappa shape index (κ1) is 16.4. The Morgan fingerprint density at radius 1 is 1.38 bits per heavy atom. The molecule has 0 bridgehead atoms. The lowest BCUT2D eigenvalue weighted by molar-refractivity contribution is 0.199. The van der Waals surface area contributed by atoms with Crippen molar-refractivity contribution in [2.75, 3.05) is 31.7 Å². The van der Waals surface area contributed by atoms with Gasteiger partial charge in [0.1, 0.15) is 11.8 Å². The molecule has 1 aliphatic heterocycles. The summed E-state index contributed by atoms with van der Waals surface area (Å²) in [6, 6.07) is 5.77. The number of anilines is 1. The van der Waals surface area contributed by atoms with Gasteiger partial charge in [0.05, 0.1) is 18.5 Å². The van der Waals surface area contributed by atoms with Crippen molar-refractivity contribution in [3.8, 4) is 6.07 Å². The second-order valence-corrected chi connectivity index (χ2v) is 6.00. The lowest BCUT2D eigenvalue weighted by Crippen LogP contribution is -2.34. The van der Waals surface area contributed by atoms with Crippen LogP contribution >= 0.6 is 0 Å². The Labute approximate surface area is 141 Å². The molecule has 7 nitrogen and oxygen atoms in total. The average Bonchev–Trinajstić information content (AvgIpc) is 3.08. The summed E-state index contributed by atoms with van der Waals surface area (Å²) in [5, 5.41) is 12.8. The van der Waals surface area contributed by atoms with Crippen molar-refractivity contribution in [2.45, 2.75) is 25.7 Å². The summed E-state index contributed by atoms with van der Waals surface area (Å²) in [6.07, 6.45) is 5.45. The molecule has 0 unspecified atom stereocenters. The molecule has 0 aliphatic carbocycles. The van der Waals surface area contributed by atoms with Crippen LogP contribution in [0.1, 0.15) is 30.3 Å². The molecule has 1 aliphatic rings. The van der Waals surface area contributed by atoms with Crippen LogP contribution in [0.2, 0.25) is 0 Å². The Balaban J connectivity index is 1.49. The quantitative estimate of drug-likeness (QED) is 0.801. The molecule has 3 heterocycles. The van der Waals surface area contributed by atoms with Crippen LogP contribution < -0.4 is 4.90 Å². The molecule has 2 aromatic rings. The first-order chi connectivity index (χ1) is 11.8. The summed E-state index contributed by atoms with van der Waals surface area (Å²) >= 11 is 0. The maximum atomic E-state index is 8.81. The highest BCUT2D eigenvalue weighted by Gasteiger charge is 2.22. The van der Waals surface area contributed by atoms with Gasteiger partial charge in [-0.25, -0.2) is 4.98 Å². The van der Waals surface area contributed by atoms with E-state index in [9.17, 15) is 0 Å². The normalized spacial score (nSPS) is 15.4. The summed E-state index contributed by atoms with van der Waals surface area (Å²) in [6.45, 7) is 2.56.